The van der Waals surface area contributed by atoms with Gasteiger partial charge in [-0.1, -0.05) is 63.5 Å². The molecular formula is C28H28BrN5O4. The van der Waals surface area contributed by atoms with Gasteiger partial charge >= 0.3 is 0 Å². The van der Waals surface area contributed by atoms with E-state index in [0.717, 1.165) is 10.0 Å². The van der Waals surface area contributed by atoms with Gasteiger partial charge in [-0.2, -0.15) is 0 Å². The van der Waals surface area contributed by atoms with Crippen molar-refractivity contribution in [3.05, 3.63) is 104 Å². The Morgan fingerprint density at radius 2 is 1.87 bits per heavy atom. The maximum absolute atomic E-state index is 14.0. The van der Waals surface area contributed by atoms with Crippen LogP contribution in [0.1, 0.15) is 29.2 Å². The molecule has 0 unspecified atom stereocenters. The number of amides is 1. The summed E-state index contributed by atoms with van der Waals surface area (Å²) in [6.45, 7) is 0.465. The van der Waals surface area contributed by atoms with Crippen LogP contribution in [0.25, 0.3) is 10.4 Å². The lowest BCUT2D eigenvalue weighted by molar-refractivity contribution is -0.137. The molecule has 0 aliphatic carbocycles. The summed E-state index contributed by atoms with van der Waals surface area (Å²) in [6.07, 6.45) is -0.0723. The predicted octanol–water partition coefficient (Wildman–Crippen LogP) is 5.74. The number of aliphatic imine (C=N–C) groups is 1. The molecule has 0 radical (unpaired) electrons. The van der Waals surface area contributed by atoms with E-state index < -0.39 is 11.6 Å². The Kier molecular flexibility index (Phi) is 8.68. The number of likely N-dealkylation sites (N-methyl/N-ethyl adjacent to an activating group) is 1. The van der Waals surface area contributed by atoms with Crippen LogP contribution in [0.15, 0.2) is 87.4 Å². The molecule has 4 rings (SSSR count). The Morgan fingerprint density at radius 3 is 2.55 bits per heavy atom. The molecule has 38 heavy (non-hydrogen) atoms. The maximum atomic E-state index is 14.0. The minimum atomic E-state index is -1.37. The van der Waals surface area contributed by atoms with E-state index in [2.05, 4.69) is 26.0 Å². The standard InChI is InChI=1S/C28H28BrN5O4/c1-34(2)27(36)28(18-20-8-3-6-11-24(20)32-33-30)25(22-9-4-5-10-23(22)29)38-26(31-28)19-12-14-21(15-13-19)37-17-7-16-35/h3-6,8-15,25,35H,7,16-18H2,1-2H3/t25-,28-/m1/s1. The molecule has 1 amide bonds. The van der Waals surface area contributed by atoms with Gasteiger partial charge in [0.1, 0.15) is 5.75 Å². The molecule has 1 heterocycles. The summed E-state index contributed by atoms with van der Waals surface area (Å²) in [5, 5.41) is 12.8. The van der Waals surface area contributed by atoms with Crippen molar-refractivity contribution in [1.29, 1.82) is 0 Å². The van der Waals surface area contributed by atoms with Crippen molar-refractivity contribution in [2.24, 2.45) is 10.1 Å². The van der Waals surface area contributed by atoms with Crippen LogP contribution in [0.3, 0.4) is 0 Å². The molecule has 1 N–H and O–H groups in total. The number of aliphatic hydroxyl groups is 1. The molecule has 0 aromatic heterocycles. The first-order valence-corrected chi connectivity index (χ1v) is 12.9. The van der Waals surface area contributed by atoms with E-state index in [4.69, 9.17) is 25.1 Å². The van der Waals surface area contributed by atoms with E-state index in [1.165, 1.54) is 4.90 Å². The highest BCUT2D eigenvalue weighted by Crippen LogP contribution is 2.46. The number of carbonyl (C=O) groups is 1. The third-order valence-corrected chi connectivity index (χ3v) is 6.93. The highest BCUT2D eigenvalue weighted by atomic mass is 79.9. The van der Waals surface area contributed by atoms with Crippen LogP contribution in [0.2, 0.25) is 0 Å². The van der Waals surface area contributed by atoms with Crippen LogP contribution in [0.5, 0.6) is 5.75 Å². The van der Waals surface area contributed by atoms with Crippen molar-refractivity contribution in [2.45, 2.75) is 24.5 Å². The van der Waals surface area contributed by atoms with Gasteiger partial charge in [-0.15, -0.1) is 0 Å². The molecule has 2 atom stereocenters. The molecule has 0 bridgehead atoms. The third kappa shape index (κ3) is 5.67. The van der Waals surface area contributed by atoms with E-state index in [1.807, 2.05) is 48.5 Å². The molecule has 0 saturated carbocycles. The second-order valence-electron chi connectivity index (χ2n) is 9.01. The van der Waals surface area contributed by atoms with Crippen molar-refractivity contribution >= 4 is 33.4 Å². The summed E-state index contributed by atoms with van der Waals surface area (Å²) < 4.78 is 12.9. The first kappa shape index (κ1) is 27.2. The number of aliphatic hydroxyl groups excluding tert-OH is 1. The smallest absolute Gasteiger partial charge is 0.254 e. The van der Waals surface area contributed by atoms with Gasteiger partial charge in [0, 0.05) is 59.7 Å². The summed E-state index contributed by atoms with van der Waals surface area (Å²) >= 11 is 3.63. The topological polar surface area (TPSA) is 120 Å². The fraction of sp³-hybridized carbons (Fsp3) is 0.286. The van der Waals surface area contributed by atoms with E-state index in [-0.39, 0.29) is 18.9 Å². The molecule has 10 heteroatoms. The highest BCUT2D eigenvalue weighted by molar-refractivity contribution is 9.10. The number of rotatable bonds is 10. The fourth-order valence-electron chi connectivity index (χ4n) is 4.42. The molecule has 9 nitrogen and oxygen atoms in total. The number of benzene rings is 3. The number of azide groups is 1. The monoisotopic (exact) mass is 577 g/mol. The summed E-state index contributed by atoms with van der Waals surface area (Å²) in [6, 6.07) is 22.0. The molecule has 3 aromatic rings. The second-order valence-corrected chi connectivity index (χ2v) is 9.86. The first-order chi connectivity index (χ1) is 18.4. The van der Waals surface area contributed by atoms with Crippen molar-refractivity contribution in [1.82, 2.24) is 4.90 Å². The Bertz CT molecular complexity index is 1370. The highest BCUT2D eigenvalue weighted by Gasteiger charge is 2.54. The zero-order chi connectivity index (χ0) is 27.1. The van der Waals surface area contributed by atoms with Crippen molar-refractivity contribution < 1.29 is 19.4 Å². The largest absolute Gasteiger partial charge is 0.494 e. The lowest BCUT2D eigenvalue weighted by atomic mass is 9.81. The molecule has 0 spiro atoms. The Labute approximate surface area is 229 Å². The average Bonchev–Trinajstić information content (AvgIpc) is 3.30. The Hall–Kier alpha value is -3.85. The van der Waals surface area contributed by atoms with Crippen LogP contribution >= 0.6 is 15.9 Å². The SMILES string of the molecule is CN(C)C(=O)[C@]1(Cc2ccccc2N=[N+]=[N-])N=C(c2ccc(OCCCO)cc2)O[C@@H]1c1ccccc1Br. The average molecular weight is 578 g/mol. The minimum Gasteiger partial charge on any atom is -0.494 e. The second kappa shape index (κ2) is 12.1. The first-order valence-electron chi connectivity index (χ1n) is 12.1. The summed E-state index contributed by atoms with van der Waals surface area (Å²) in [5.74, 6) is 0.735. The molecule has 1 aliphatic rings. The van der Waals surface area contributed by atoms with E-state index in [9.17, 15) is 4.79 Å². The molecule has 196 valence electrons. The van der Waals surface area contributed by atoms with Crippen LogP contribution in [0.4, 0.5) is 5.69 Å². The van der Waals surface area contributed by atoms with E-state index in [1.54, 1.807) is 38.4 Å². The molecular weight excluding hydrogens is 550 g/mol. The van der Waals surface area contributed by atoms with E-state index >= 15 is 0 Å². The van der Waals surface area contributed by atoms with Crippen LogP contribution in [-0.2, 0) is 16.0 Å². The summed E-state index contributed by atoms with van der Waals surface area (Å²) in [7, 11) is 3.37. The third-order valence-electron chi connectivity index (χ3n) is 6.20. The number of hydrogen-bond acceptors (Lipinski definition) is 6. The molecule has 1 aliphatic heterocycles. The van der Waals surface area contributed by atoms with Gasteiger partial charge in [-0.05, 0) is 41.4 Å². The van der Waals surface area contributed by atoms with Gasteiger partial charge in [0.2, 0.25) is 5.90 Å². The quantitative estimate of drug-likeness (QED) is 0.143. The number of carbonyl (C=O) groups excluding carboxylic acids is 1. The van der Waals surface area contributed by atoms with Gasteiger partial charge < -0.3 is 19.5 Å². The molecule has 3 aromatic carbocycles. The fourth-order valence-corrected chi connectivity index (χ4v) is 4.91. The summed E-state index contributed by atoms with van der Waals surface area (Å²) in [5.41, 5.74) is 10.3. The van der Waals surface area contributed by atoms with Crippen molar-refractivity contribution in [3.8, 4) is 5.75 Å². The molecule has 0 saturated heterocycles. The Morgan fingerprint density at radius 1 is 1.16 bits per heavy atom. The van der Waals surface area contributed by atoms with Crippen molar-refractivity contribution in [3.63, 3.8) is 0 Å². The number of hydrogen-bond donors (Lipinski definition) is 1. The Balaban J connectivity index is 1.84. The van der Waals surface area contributed by atoms with Gasteiger partial charge in [0.15, 0.2) is 11.6 Å². The van der Waals surface area contributed by atoms with Gasteiger partial charge in [0.05, 0.1) is 6.61 Å². The van der Waals surface area contributed by atoms with Gasteiger partial charge in [0.25, 0.3) is 5.91 Å². The number of halogens is 1. The zero-order valence-corrected chi connectivity index (χ0v) is 22.7. The lowest BCUT2D eigenvalue weighted by Gasteiger charge is -2.33. The summed E-state index contributed by atoms with van der Waals surface area (Å²) in [4.78, 5) is 23.4. The maximum Gasteiger partial charge on any atom is 0.254 e. The predicted molar refractivity (Wildman–Crippen MR) is 149 cm³/mol. The lowest BCUT2D eigenvalue weighted by Crippen LogP contribution is -2.49. The van der Waals surface area contributed by atoms with E-state index in [0.29, 0.717) is 41.5 Å². The number of nitrogens with zero attached hydrogens (tertiary/aromatic N) is 5. The van der Waals surface area contributed by atoms with Gasteiger partial charge in [-0.3, -0.25) is 4.79 Å². The minimum absolute atomic E-state index is 0.0595. The normalized spacial score (nSPS) is 18.2. The van der Waals surface area contributed by atoms with Crippen LogP contribution in [-0.4, -0.2) is 54.7 Å². The number of ether oxygens (including phenoxy) is 2. The van der Waals surface area contributed by atoms with Gasteiger partial charge in [-0.25, -0.2) is 4.99 Å². The van der Waals surface area contributed by atoms with Crippen molar-refractivity contribution in [2.75, 3.05) is 27.3 Å². The van der Waals surface area contributed by atoms with Crippen LogP contribution < -0.4 is 4.74 Å². The van der Waals surface area contributed by atoms with Crippen LogP contribution in [0, 0.1) is 0 Å². The zero-order valence-electron chi connectivity index (χ0n) is 21.1. The molecule has 0 fully saturated rings.